The van der Waals surface area contributed by atoms with Crippen molar-refractivity contribution in [1.29, 1.82) is 0 Å². The molecule has 1 aromatic carbocycles. The molecule has 138 valence electrons. The second-order valence-corrected chi connectivity index (χ2v) is 9.75. The topological polar surface area (TPSA) is 37.4 Å². The van der Waals surface area contributed by atoms with Crippen LogP contribution in [0, 0.1) is 29.1 Å². The predicted molar refractivity (Wildman–Crippen MR) is 100 cm³/mol. The molecule has 3 nitrogen and oxygen atoms in total. The molecule has 5 fully saturated rings. The van der Waals surface area contributed by atoms with E-state index in [1.54, 1.807) is 4.90 Å². The monoisotopic (exact) mass is 351 g/mol. The number of nitrogens with zero attached hydrogens (tertiary/aromatic N) is 1. The van der Waals surface area contributed by atoms with Crippen LogP contribution in [-0.4, -0.2) is 23.3 Å². The molecule has 3 heteroatoms. The lowest BCUT2D eigenvalue weighted by molar-refractivity contribution is -0.145. The Hall–Kier alpha value is -1.64. The molecule has 1 aliphatic heterocycles. The summed E-state index contributed by atoms with van der Waals surface area (Å²) >= 11 is 0. The molecule has 26 heavy (non-hydrogen) atoms. The van der Waals surface area contributed by atoms with Crippen LogP contribution in [0.3, 0.4) is 0 Å². The average Bonchev–Trinajstić information content (AvgIpc) is 2.88. The molecule has 4 aliphatic carbocycles. The maximum absolute atomic E-state index is 13.2. The van der Waals surface area contributed by atoms with Gasteiger partial charge in [-0.2, -0.15) is 0 Å². The standard InChI is InChI=1S/C23H29NO2/c1-15(19-5-3-2-4-6-19)20-10-21(25)24(22(20)26)14-23-11-16-7-17(12-23)9-18(8-16)13-23/h2-6,15-18,20H,7-14H2,1H3/t15-,16?,17?,18?,20-,23?/m0/s1. The molecule has 1 aromatic rings. The Bertz CT molecular complexity index is 690. The molecule has 0 N–H and O–H groups in total. The second-order valence-electron chi connectivity index (χ2n) is 9.75. The highest BCUT2D eigenvalue weighted by atomic mass is 16.2. The quantitative estimate of drug-likeness (QED) is 0.755. The lowest BCUT2D eigenvalue weighted by atomic mass is 9.49. The second kappa shape index (κ2) is 5.94. The molecule has 0 radical (unpaired) electrons. The summed E-state index contributed by atoms with van der Waals surface area (Å²) in [5.41, 5.74) is 1.40. The van der Waals surface area contributed by atoms with Gasteiger partial charge in [0.05, 0.1) is 5.92 Å². The van der Waals surface area contributed by atoms with E-state index in [-0.39, 0.29) is 29.1 Å². The van der Waals surface area contributed by atoms with Gasteiger partial charge in [0.15, 0.2) is 0 Å². The van der Waals surface area contributed by atoms with Crippen molar-refractivity contribution in [2.75, 3.05) is 6.54 Å². The number of amides is 2. The van der Waals surface area contributed by atoms with Gasteiger partial charge in [-0.1, -0.05) is 37.3 Å². The summed E-state index contributed by atoms with van der Waals surface area (Å²) in [6.45, 7) is 2.80. The van der Waals surface area contributed by atoms with E-state index >= 15 is 0 Å². The maximum Gasteiger partial charge on any atom is 0.233 e. The van der Waals surface area contributed by atoms with Crippen molar-refractivity contribution in [3.8, 4) is 0 Å². The van der Waals surface area contributed by atoms with Crippen LogP contribution in [0.4, 0.5) is 0 Å². The molecule has 1 heterocycles. The minimum atomic E-state index is -0.182. The van der Waals surface area contributed by atoms with E-state index in [1.807, 2.05) is 18.2 Å². The summed E-state index contributed by atoms with van der Waals surface area (Å²) in [5.74, 6) is 2.64. The first kappa shape index (κ1) is 16.5. The largest absolute Gasteiger partial charge is 0.282 e. The Morgan fingerprint density at radius 3 is 2.15 bits per heavy atom. The molecule has 6 rings (SSSR count). The van der Waals surface area contributed by atoms with Crippen molar-refractivity contribution in [1.82, 2.24) is 4.90 Å². The summed E-state index contributed by atoms with van der Waals surface area (Å²) in [7, 11) is 0. The van der Waals surface area contributed by atoms with Crippen LogP contribution in [-0.2, 0) is 9.59 Å². The van der Waals surface area contributed by atoms with Crippen molar-refractivity contribution < 1.29 is 9.59 Å². The van der Waals surface area contributed by atoms with E-state index in [2.05, 4.69) is 19.1 Å². The number of hydrogen-bond donors (Lipinski definition) is 0. The van der Waals surface area contributed by atoms with E-state index in [1.165, 1.54) is 38.5 Å². The zero-order chi connectivity index (χ0) is 17.9. The zero-order valence-corrected chi connectivity index (χ0v) is 15.7. The Kier molecular flexibility index (Phi) is 3.77. The lowest BCUT2D eigenvalue weighted by Crippen LogP contribution is -2.52. The minimum absolute atomic E-state index is 0.0681. The minimum Gasteiger partial charge on any atom is -0.282 e. The van der Waals surface area contributed by atoms with Gasteiger partial charge in [-0.3, -0.25) is 14.5 Å². The Morgan fingerprint density at radius 1 is 1.00 bits per heavy atom. The third kappa shape index (κ3) is 2.62. The van der Waals surface area contributed by atoms with Crippen LogP contribution in [0.25, 0.3) is 0 Å². The summed E-state index contributed by atoms with van der Waals surface area (Å²) in [5, 5.41) is 0. The molecule has 1 saturated heterocycles. The normalized spacial score (nSPS) is 39.7. The van der Waals surface area contributed by atoms with Crippen LogP contribution in [0.2, 0.25) is 0 Å². The highest BCUT2D eigenvalue weighted by Gasteiger charge is 2.53. The van der Waals surface area contributed by atoms with Crippen molar-refractivity contribution in [2.45, 2.75) is 57.8 Å². The van der Waals surface area contributed by atoms with E-state index in [0.717, 1.165) is 23.3 Å². The fourth-order valence-corrected chi connectivity index (χ4v) is 7.07. The van der Waals surface area contributed by atoms with Crippen molar-refractivity contribution in [3.63, 3.8) is 0 Å². The molecule has 0 spiro atoms. The van der Waals surface area contributed by atoms with E-state index in [0.29, 0.717) is 13.0 Å². The van der Waals surface area contributed by atoms with Gasteiger partial charge in [0, 0.05) is 13.0 Å². The highest BCUT2D eigenvalue weighted by molar-refractivity contribution is 6.04. The van der Waals surface area contributed by atoms with E-state index < -0.39 is 0 Å². The molecule has 5 aliphatic rings. The molecular formula is C23H29NO2. The average molecular weight is 351 g/mol. The molecule has 4 saturated carbocycles. The molecule has 0 unspecified atom stereocenters. The number of carbonyl (C=O) groups excluding carboxylic acids is 2. The Morgan fingerprint density at radius 2 is 1.58 bits per heavy atom. The van der Waals surface area contributed by atoms with Gasteiger partial charge in [0.25, 0.3) is 0 Å². The summed E-state index contributed by atoms with van der Waals surface area (Å²) in [6.07, 6.45) is 8.32. The van der Waals surface area contributed by atoms with Gasteiger partial charge in [-0.15, -0.1) is 0 Å². The zero-order valence-electron chi connectivity index (χ0n) is 15.7. The van der Waals surface area contributed by atoms with E-state index in [4.69, 9.17) is 0 Å². The Labute approximate surface area is 156 Å². The first-order chi connectivity index (χ1) is 12.5. The number of rotatable bonds is 4. The van der Waals surface area contributed by atoms with Crippen LogP contribution < -0.4 is 0 Å². The van der Waals surface area contributed by atoms with Gasteiger partial charge in [0.1, 0.15) is 0 Å². The van der Waals surface area contributed by atoms with Crippen molar-refractivity contribution in [2.24, 2.45) is 29.1 Å². The first-order valence-electron chi connectivity index (χ1n) is 10.4. The summed E-state index contributed by atoms with van der Waals surface area (Å²) in [6, 6.07) is 10.2. The predicted octanol–water partition coefficient (Wildman–Crippen LogP) is 4.38. The third-order valence-electron chi connectivity index (χ3n) is 7.87. The van der Waals surface area contributed by atoms with Gasteiger partial charge in [-0.25, -0.2) is 0 Å². The number of benzene rings is 1. The van der Waals surface area contributed by atoms with Crippen molar-refractivity contribution >= 4 is 11.8 Å². The molecule has 2 amide bonds. The molecular weight excluding hydrogens is 322 g/mol. The van der Waals surface area contributed by atoms with Gasteiger partial charge in [-0.05, 0) is 73.2 Å². The fraction of sp³-hybridized carbons (Fsp3) is 0.652. The molecule has 4 bridgehead atoms. The first-order valence-corrected chi connectivity index (χ1v) is 10.4. The maximum atomic E-state index is 13.2. The fourth-order valence-electron chi connectivity index (χ4n) is 7.07. The summed E-state index contributed by atoms with van der Waals surface area (Å²) in [4.78, 5) is 27.6. The number of hydrogen-bond acceptors (Lipinski definition) is 2. The molecule has 0 aromatic heterocycles. The van der Waals surface area contributed by atoms with Crippen LogP contribution in [0.15, 0.2) is 30.3 Å². The van der Waals surface area contributed by atoms with Crippen molar-refractivity contribution in [3.05, 3.63) is 35.9 Å². The number of carbonyl (C=O) groups is 2. The number of likely N-dealkylation sites (tertiary alicyclic amines) is 1. The van der Waals surface area contributed by atoms with Gasteiger partial charge in [0.2, 0.25) is 11.8 Å². The number of imide groups is 1. The molecule has 2 atom stereocenters. The lowest BCUT2D eigenvalue weighted by Gasteiger charge is -2.57. The van der Waals surface area contributed by atoms with Gasteiger partial charge >= 0.3 is 0 Å². The van der Waals surface area contributed by atoms with E-state index in [9.17, 15) is 9.59 Å². The highest BCUT2D eigenvalue weighted by Crippen LogP contribution is 2.60. The smallest absolute Gasteiger partial charge is 0.233 e. The van der Waals surface area contributed by atoms with Crippen LogP contribution in [0.1, 0.15) is 63.4 Å². The third-order valence-corrected chi connectivity index (χ3v) is 7.87. The van der Waals surface area contributed by atoms with Gasteiger partial charge < -0.3 is 0 Å². The van der Waals surface area contributed by atoms with Crippen LogP contribution >= 0.6 is 0 Å². The summed E-state index contributed by atoms with van der Waals surface area (Å²) < 4.78 is 0. The van der Waals surface area contributed by atoms with Crippen LogP contribution in [0.5, 0.6) is 0 Å². The Balaban J connectivity index is 1.34. The SMILES string of the molecule is C[C@@H](c1ccccc1)[C@@H]1CC(=O)N(CC23CC4CC(CC(C4)C2)C3)C1=O.